The molecule has 1 aromatic carbocycles. The standard InChI is InChI=1S/C25H32BrN3O3S/c1-25(2,3)33(32)29-15-17-14-20(24(31)27-19-9-4-5-10-19)28-23(22(17)21(29)11-12-30)16-7-6-8-18(26)13-16/h6-8,13-14,19,21,30H,4-5,9-12,15H2,1-3H3,(H,27,31)/t21-,33-/m1/s1. The molecule has 2 aromatic rings. The molecule has 33 heavy (non-hydrogen) atoms. The first kappa shape index (κ1) is 24.5. The number of carbonyl (C=O) groups is 1. The Balaban J connectivity index is 1.82. The van der Waals surface area contributed by atoms with Crippen molar-refractivity contribution in [3.63, 3.8) is 0 Å². The molecule has 1 aromatic heterocycles. The molecular formula is C25H32BrN3O3S. The van der Waals surface area contributed by atoms with Crippen molar-refractivity contribution >= 4 is 32.8 Å². The molecule has 0 bridgehead atoms. The van der Waals surface area contributed by atoms with Crippen LogP contribution in [0, 0.1) is 0 Å². The largest absolute Gasteiger partial charge is 0.396 e. The number of pyridine rings is 1. The fraction of sp³-hybridized carbons (Fsp3) is 0.520. The van der Waals surface area contributed by atoms with Crippen LogP contribution < -0.4 is 5.32 Å². The minimum absolute atomic E-state index is 0.0240. The van der Waals surface area contributed by atoms with Gasteiger partial charge in [0.1, 0.15) is 16.7 Å². The van der Waals surface area contributed by atoms with Gasteiger partial charge in [-0.05, 0) is 63.8 Å². The van der Waals surface area contributed by atoms with Crippen molar-refractivity contribution in [1.82, 2.24) is 14.6 Å². The zero-order valence-corrected chi connectivity index (χ0v) is 21.8. The van der Waals surface area contributed by atoms with Crippen LogP contribution in [0.3, 0.4) is 0 Å². The predicted octanol–water partition coefficient (Wildman–Crippen LogP) is 4.88. The third kappa shape index (κ3) is 5.24. The van der Waals surface area contributed by atoms with E-state index in [-0.39, 0.29) is 24.6 Å². The maximum absolute atomic E-state index is 13.4. The monoisotopic (exact) mass is 533 g/mol. The Labute approximate surface area is 206 Å². The van der Waals surface area contributed by atoms with Crippen molar-refractivity contribution in [2.75, 3.05) is 6.61 Å². The average molecular weight is 535 g/mol. The number of benzene rings is 1. The van der Waals surface area contributed by atoms with E-state index in [0.29, 0.717) is 18.7 Å². The third-order valence-corrected chi connectivity index (χ3v) is 8.66. The van der Waals surface area contributed by atoms with Crippen LogP contribution in [0.5, 0.6) is 0 Å². The van der Waals surface area contributed by atoms with Crippen LogP contribution in [0.2, 0.25) is 0 Å². The second kappa shape index (κ2) is 9.94. The second-order valence-electron chi connectivity index (χ2n) is 9.86. The molecule has 2 atom stereocenters. The van der Waals surface area contributed by atoms with Gasteiger partial charge in [-0.2, -0.15) is 0 Å². The van der Waals surface area contributed by atoms with Gasteiger partial charge in [-0.15, -0.1) is 0 Å². The van der Waals surface area contributed by atoms with Gasteiger partial charge in [-0.1, -0.05) is 40.9 Å². The number of aliphatic hydroxyl groups excluding tert-OH is 1. The average Bonchev–Trinajstić information content (AvgIpc) is 3.40. The van der Waals surface area contributed by atoms with Gasteiger partial charge in [0, 0.05) is 34.8 Å². The van der Waals surface area contributed by atoms with Crippen LogP contribution in [-0.2, 0) is 17.5 Å². The zero-order valence-electron chi connectivity index (χ0n) is 19.4. The molecule has 2 N–H and O–H groups in total. The van der Waals surface area contributed by atoms with Gasteiger partial charge in [-0.3, -0.25) is 4.79 Å². The highest BCUT2D eigenvalue weighted by molar-refractivity contribution is 9.10. The van der Waals surface area contributed by atoms with Gasteiger partial charge >= 0.3 is 0 Å². The van der Waals surface area contributed by atoms with Crippen molar-refractivity contribution in [3.05, 3.63) is 51.6 Å². The lowest BCUT2D eigenvalue weighted by molar-refractivity contribution is 0.0933. The molecule has 2 heterocycles. The minimum atomic E-state index is -1.28. The molecule has 1 fully saturated rings. The topological polar surface area (TPSA) is 82.5 Å². The summed E-state index contributed by atoms with van der Waals surface area (Å²) < 4.78 is 15.8. The molecule has 0 spiro atoms. The Morgan fingerprint density at radius 2 is 2.00 bits per heavy atom. The fourth-order valence-electron chi connectivity index (χ4n) is 4.77. The number of halogens is 1. The van der Waals surface area contributed by atoms with Crippen molar-refractivity contribution < 1.29 is 14.1 Å². The Bertz CT molecular complexity index is 1060. The number of carbonyl (C=O) groups excluding carboxylic acids is 1. The highest BCUT2D eigenvalue weighted by Crippen LogP contribution is 2.44. The van der Waals surface area contributed by atoms with E-state index in [1.165, 1.54) is 0 Å². The van der Waals surface area contributed by atoms with Gasteiger partial charge in [0.05, 0.1) is 16.5 Å². The first-order chi connectivity index (χ1) is 15.7. The van der Waals surface area contributed by atoms with Gasteiger partial charge in [0.2, 0.25) is 0 Å². The van der Waals surface area contributed by atoms with Crippen molar-refractivity contribution in [2.45, 2.75) is 76.3 Å². The number of hydrogen-bond acceptors (Lipinski definition) is 4. The highest BCUT2D eigenvalue weighted by atomic mass is 79.9. The normalized spacial score (nSPS) is 20.1. The maximum atomic E-state index is 13.4. The molecule has 0 saturated heterocycles. The molecule has 1 amide bonds. The fourth-order valence-corrected chi connectivity index (χ4v) is 6.57. The van der Waals surface area contributed by atoms with E-state index in [1.807, 2.05) is 55.4 Å². The molecule has 178 valence electrons. The number of aromatic nitrogens is 1. The van der Waals surface area contributed by atoms with Gasteiger partial charge in [-0.25, -0.2) is 13.5 Å². The second-order valence-corrected chi connectivity index (χ2v) is 13.0. The molecule has 8 heteroatoms. The van der Waals surface area contributed by atoms with Crippen LogP contribution in [0.15, 0.2) is 34.8 Å². The third-order valence-electron chi connectivity index (χ3n) is 6.31. The molecule has 1 saturated carbocycles. The number of aliphatic hydroxyl groups is 1. The lowest BCUT2D eigenvalue weighted by atomic mass is 9.96. The summed E-state index contributed by atoms with van der Waals surface area (Å²) in [6.45, 7) is 6.29. The SMILES string of the molecule is CC(C)(C)[S@@](=O)N1Cc2cc(C(=O)NC3CCCC3)nc(-c3cccc(Br)c3)c2[C@H]1CCO. The number of nitrogens with one attached hydrogen (secondary N) is 1. The van der Waals surface area contributed by atoms with Crippen LogP contribution in [0.4, 0.5) is 0 Å². The molecule has 6 nitrogen and oxygen atoms in total. The number of fused-ring (bicyclic) bond motifs is 1. The molecule has 4 rings (SSSR count). The molecule has 0 unspecified atom stereocenters. The van der Waals surface area contributed by atoms with Gasteiger partial charge < -0.3 is 10.4 Å². The quantitative estimate of drug-likeness (QED) is 0.553. The van der Waals surface area contributed by atoms with E-state index in [9.17, 15) is 14.1 Å². The maximum Gasteiger partial charge on any atom is 0.270 e. The van der Waals surface area contributed by atoms with Crippen LogP contribution in [-0.4, -0.2) is 41.9 Å². The van der Waals surface area contributed by atoms with E-state index in [2.05, 4.69) is 21.2 Å². The number of hydrogen-bond donors (Lipinski definition) is 2. The summed E-state index contributed by atoms with van der Waals surface area (Å²) in [6, 6.07) is 9.68. The van der Waals surface area contributed by atoms with E-state index < -0.39 is 15.7 Å². The number of amides is 1. The summed E-state index contributed by atoms with van der Waals surface area (Å²) in [5.74, 6) is -0.157. The van der Waals surface area contributed by atoms with Crippen molar-refractivity contribution in [2.24, 2.45) is 0 Å². The van der Waals surface area contributed by atoms with E-state index >= 15 is 0 Å². The van der Waals surface area contributed by atoms with Crippen LogP contribution in [0.25, 0.3) is 11.3 Å². The van der Waals surface area contributed by atoms with E-state index in [1.54, 1.807) is 0 Å². The molecule has 0 radical (unpaired) electrons. The summed E-state index contributed by atoms with van der Waals surface area (Å²) in [4.78, 5) is 18.0. The molecular weight excluding hydrogens is 502 g/mol. The highest BCUT2D eigenvalue weighted by Gasteiger charge is 2.40. The summed E-state index contributed by atoms with van der Waals surface area (Å²) in [5, 5.41) is 13.0. The van der Waals surface area contributed by atoms with Crippen LogP contribution in [0.1, 0.15) is 80.5 Å². The Morgan fingerprint density at radius 1 is 1.27 bits per heavy atom. The van der Waals surface area contributed by atoms with Crippen molar-refractivity contribution in [3.8, 4) is 11.3 Å². The summed E-state index contributed by atoms with van der Waals surface area (Å²) >= 11 is 3.55. The zero-order chi connectivity index (χ0) is 23.8. The van der Waals surface area contributed by atoms with E-state index in [0.717, 1.165) is 52.5 Å². The van der Waals surface area contributed by atoms with Gasteiger partial charge in [0.15, 0.2) is 0 Å². The Hall–Kier alpha value is -1.61. The minimum Gasteiger partial charge on any atom is -0.396 e. The van der Waals surface area contributed by atoms with Crippen molar-refractivity contribution in [1.29, 1.82) is 0 Å². The predicted molar refractivity (Wildman–Crippen MR) is 135 cm³/mol. The van der Waals surface area contributed by atoms with Crippen LogP contribution >= 0.6 is 15.9 Å². The first-order valence-electron chi connectivity index (χ1n) is 11.6. The summed E-state index contributed by atoms with van der Waals surface area (Å²) in [6.07, 6.45) is 4.74. The van der Waals surface area contributed by atoms with E-state index in [4.69, 9.17) is 4.98 Å². The lowest BCUT2D eigenvalue weighted by Crippen LogP contribution is -2.36. The smallest absolute Gasteiger partial charge is 0.270 e. The Morgan fingerprint density at radius 3 is 2.64 bits per heavy atom. The number of rotatable bonds is 6. The Kier molecular flexibility index (Phi) is 7.38. The molecule has 1 aliphatic heterocycles. The lowest BCUT2D eigenvalue weighted by Gasteiger charge is -2.30. The first-order valence-corrected chi connectivity index (χ1v) is 13.5. The van der Waals surface area contributed by atoms with Gasteiger partial charge in [0.25, 0.3) is 5.91 Å². The summed E-state index contributed by atoms with van der Waals surface area (Å²) in [5.41, 5.74) is 3.91. The molecule has 2 aliphatic rings. The molecule has 1 aliphatic carbocycles. The number of nitrogens with zero attached hydrogens (tertiary/aromatic N) is 2. The summed E-state index contributed by atoms with van der Waals surface area (Å²) in [7, 11) is -1.28.